The van der Waals surface area contributed by atoms with Crippen LogP contribution in [0.4, 0.5) is 0 Å². The van der Waals surface area contributed by atoms with Crippen LogP contribution in [-0.2, 0) is 38.8 Å². The number of aliphatic hydroxyl groups excluding tert-OH is 1. The highest BCUT2D eigenvalue weighted by Gasteiger charge is 2.41. The summed E-state index contributed by atoms with van der Waals surface area (Å²) < 4.78 is 32.3. The molecule has 3 aromatic rings. The van der Waals surface area contributed by atoms with Gasteiger partial charge in [0.1, 0.15) is 24.4 Å². The van der Waals surface area contributed by atoms with Gasteiger partial charge in [-0.05, 0) is 16.7 Å². The van der Waals surface area contributed by atoms with E-state index < -0.39 is 31.0 Å². The molecule has 32 heavy (non-hydrogen) atoms. The van der Waals surface area contributed by atoms with Crippen LogP contribution in [0, 0.1) is 0 Å². The molecule has 1 saturated heterocycles. The minimum atomic E-state index is -1.15. The summed E-state index contributed by atoms with van der Waals surface area (Å²) in [6.45, 7) is 0.143. The lowest BCUT2D eigenvalue weighted by Gasteiger charge is -2.40. The SMILES string of the molecule is [2H][C@@H]1O[C@H](COCc2ccccc2)[C@H](OCc2ccccc2)[C@@H](OCc2ccccc2)[C@H]1O. The zero-order valence-electron chi connectivity index (χ0n) is 19.0. The molecule has 0 radical (unpaired) electrons. The summed E-state index contributed by atoms with van der Waals surface area (Å²) >= 11 is 0. The third kappa shape index (κ3) is 6.48. The molecular formula is C27H30O5. The standard InChI is InChI=1S/C27H30O5/c28-24-19-30-25(20-29-16-21-10-4-1-5-11-21)27(32-18-23-14-8-3-9-15-23)26(24)31-17-22-12-6-2-7-13-22/h1-15,24-28H,16-20H2/t24-,25+,26-,27-/m0/s1/i19D/t19-,24-,25+,26-,27-. The molecule has 0 saturated carbocycles. The average molecular weight is 436 g/mol. The minimum Gasteiger partial charge on any atom is -0.388 e. The van der Waals surface area contributed by atoms with Crippen LogP contribution in [0.5, 0.6) is 0 Å². The van der Waals surface area contributed by atoms with E-state index in [0.717, 1.165) is 16.7 Å². The Balaban J connectivity index is 1.46. The lowest BCUT2D eigenvalue weighted by Crippen LogP contribution is -2.56. The van der Waals surface area contributed by atoms with Gasteiger partial charge in [0.25, 0.3) is 0 Å². The third-order valence-electron chi connectivity index (χ3n) is 5.38. The molecule has 1 N–H and O–H groups in total. The topological polar surface area (TPSA) is 57.2 Å². The van der Waals surface area contributed by atoms with Crippen molar-refractivity contribution in [3.8, 4) is 0 Å². The molecule has 0 unspecified atom stereocenters. The average Bonchev–Trinajstić information content (AvgIpc) is 2.86. The van der Waals surface area contributed by atoms with Crippen LogP contribution in [0.1, 0.15) is 18.1 Å². The van der Waals surface area contributed by atoms with Crippen LogP contribution in [0.15, 0.2) is 91.0 Å². The Morgan fingerprint density at radius 1 is 0.719 bits per heavy atom. The van der Waals surface area contributed by atoms with E-state index in [1.165, 1.54) is 0 Å². The van der Waals surface area contributed by atoms with Crippen molar-refractivity contribution >= 4 is 0 Å². The fourth-order valence-electron chi connectivity index (χ4n) is 3.67. The van der Waals surface area contributed by atoms with Gasteiger partial charge >= 0.3 is 0 Å². The zero-order valence-corrected chi connectivity index (χ0v) is 18.0. The van der Waals surface area contributed by atoms with E-state index in [4.69, 9.17) is 20.3 Å². The van der Waals surface area contributed by atoms with Crippen molar-refractivity contribution in [3.05, 3.63) is 108 Å². The predicted octanol–water partition coefficient (Wildman–Crippen LogP) is 4.13. The first-order valence-corrected chi connectivity index (χ1v) is 10.9. The molecule has 1 fully saturated rings. The quantitative estimate of drug-likeness (QED) is 0.519. The van der Waals surface area contributed by atoms with Crippen molar-refractivity contribution in [2.24, 2.45) is 0 Å². The number of hydrogen-bond donors (Lipinski definition) is 1. The van der Waals surface area contributed by atoms with Crippen molar-refractivity contribution in [2.75, 3.05) is 13.2 Å². The van der Waals surface area contributed by atoms with E-state index in [9.17, 15) is 5.11 Å². The number of aliphatic hydroxyl groups is 1. The van der Waals surface area contributed by atoms with Crippen molar-refractivity contribution in [1.29, 1.82) is 0 Å². The van der Waals surface area contributed by atoms with Gasteiger partial charge in [-0.3, -0.25) is 0 Å². The molecule has 0 aliphatic carbocycles. The maximum absolute atomic E-state index is 10.7. The van der Waals surface area contributed by atoms with Crippen molar-refractivity contribution < 1.29 is 25.4 Å². The van der Waals surface area contributed by atoms with Crippen LogP contribution >= 0.6 is 0 Å². The largest absolute Gasteiger partial charge is 0.388 e. The molecule has 0 amide bonds. The second-order valence-electron chi connectivity index (χ2n) is 7.82. The summed E-state index contributed by atoms with van der Waals surface area (Å²) in [6.07, 6.45) is -3.01. The van der Waals surface area contributed by atoms with Gasteiger partial charge in [0, 0.05) is 0 Å². The number of hydrogen-bond acceptors (Lipinski definition) is 5. The lowest BCUT2D eigenvalue weighted by molar-refractivity contribution is -0.234. The molecule has 168 valence electrons. The Kier molecular flexibility index (Phi) is 7.93. The van der Waals surface area contributed by atoms with Gasteiger partial charge in [0.05, 0.1) is 34.4 Å². The van der Waals surface area contributed by atoms with Crippen molar-refractivity contribution in [1.82, 2.24) is 0 Å². The molecule has 1 aliphatic heterocycles. The summed E-state index contributed by atoms with van der Waals surface area (Å²) in [5, 5.41) is 10.7. The van der Waals surface area contributed by atoms with Gasteiger partial charge in [-0.25, -0.2) is 0 Å². The van der Waals surface area contributed by atoms with Gasteiger partial charge < -0.3 is 24.1 Å². The molecule has 3 aromatic carbocycles. The number of rotatable bonds is 10. The van der Waals surface area contributed by atoms with Gasteiger partial charge in [-0.1, -0.05) is 91.0 Å². The fourth-order valence-corrected chi connectivity index (χ4v) is 3.67. The number of benzene rings is 3. The Morgan fingerprint density at radius 2 is 1.19 bits per heavy atom. The summed E-state index contributed by atoms with van der Waals surface area (Å²) in [4.78, 5) is 0. The molecule has 5 nitrogen and oxygen atoms in total. The zero-order chi connectivity index (χ0) is 22.9. The molecule has 5 atom stereocenters. The second kappa shape index (κ2) is 11.9. The van der Waals surface area contributed by atoms with Crippen LogP contribution < -0.4 is 0 Å². The van der Waals surface area contributed by atoms with E-state index in [1.54, 1.807) is 0 Å². The Morgan fingerprint density at radius 3 is 1.72 bits per heavy atom. The first kappa shape index (κ1) is 21.3. The van der Waals surface area contributed by atoms with E-state index in [-0.39, 0.29) is 6.61 Å². The maximum Gasteiger partial charge on any atom is 0.115 e. The van der Waals surface area contributed by atoms with Gasteiger partial charge in [-0.15, -0.1) is 0 Å². The monoisotopic (exact) mass is 435 g/mol. The third-order valence-corrected chi connectivity index (χ3v) is 5.38. The summed E-state index contributed by atoms with van der Waals surface area (Å²) in [5.74, 6) is 0. The molecule has 0 spiro atoms. The summed E-state index contributed by atoms with van der Waals surface area (Å²) in [6, 6.07) is 29.4. The van der Waals surface area contributed by atoms with E-state index in [2.05, 4.69) is 0 Å². The normalized spacial score (nSPS) is 25.9. The molecule has 1 aliphatic rings. The second-order valence-corrected chi connectivity index (χ2v) is 7.82. The Bertz CT molecular complexity index is 941. The highest BCUT2D eigenvalue weighted by molar-refractivity contribution is 5.15. The highest BCUT2D eigenvalue weighted by Crippen LogP contribution is 2.24. The van der Waals surface area contributed by atoms with Crippen LogP contribution in [-0.4, -0.2) is 42.7 Å². The first-order chi connectivity index (χ1) is 16.2. The number of ether oxygens (including phenoxy) is 4. The summed E-state index contributed by atoms with van der Waals surface area (Å²) in [7, 11) is 0. The van der Waals surface area contributed by atoms with Crippen molar-refractivity contribution in [2.45, 2.75) is 44.2 Å². The fraction of sp³-hybridized carbons (Fsp3) is 0.333. The van der Waals surface area contributed by atoms with E-state index in [0.29, 0.717) is 19.8 Å². The summed E-state index contributed by atoms with van der Waals surface area (Å²) in [5.41, 5.74) is 3.04. The molecule has 1 heterocycles. The van der Waals surface area contributed by atoms with Crippen LogP contribution in [0.25, 0.3) is 0 Å². The van der Waals surface area contributed by atoms with Crippen LogP contribution in [0.3, 0.4) is 0 Å². The lowest BCUT2D eigenvalue weighted by atomic mass is 9.99. The maximum atomic E-state index is 10.7. The predicted molar refractivity (Wildman–Crippen MR) is 122 cm³/mol. The smallest absolute Gasteiger partial charge is 0.115 e. The highest BCUT2D eigenvalue weighted by atomic mass is 16.6. The molecule has 0 aromatic heterocycles. The van der Waals surface area contributed by atoms with Gasteiger partial charge in [0.2, 0.25) is 0 Å². The minimum absolute atomic E-state index is 0.224. The molecule has 4 rings (SSSR count). The van der Waals surface area contributed by atoms with E-state index in [1.807, 2.05) is 91.0 Å². The molecule has 5 heteroatoms. The van der Waals surface area contributed by atoms with Gasteiger partial charge in [-0.2, -0.15) is 0 Å². The van der Waals surface area contributed by atoms with Crippen molar-refractivity contribution in [3.63, 3.8) is 0 Å². The van der Waals surface area contributed by atoms with Crippen LogP contribution in [0.2, 0.25) is 0 Å². The van der Waals surface area contributed by atoms with Gasteiger partial charge in [0.15, 0.2) is 0 Å². The molecular weight excluding hydrogens is 404 g/mol. The molecule has 0 bridgehead atoms. The first-order valence-electron chi connectivity index (χ1n) is 11.5. The van der Waals surface area contributed by atoms with E-state index >= 15 is 0 Å². The Hall–Kier alpha value is -2.54. The Labute approximate surface area is 190 Å².